The molecule has 0 saturated heterocycles. The maximum Gasteiger partial charge on any atom is 0.0931 e. The highest BCUT2D eigenvalue weighted by molar-refractivity contribution is 7.16. The van der Waals surface area contributed by atoms with Gasteiger partial charge in [-0.1, -0.05) is 18.5 Å². The highest BCUT2D eigenvalue weighted by Gasteiger charge is 2.09. The number of hydrogen-bond acceptors (Lipinski definition) is 2. The lowest BCUT2D eigenvalue weighted by Gasteiger charge is -2.15. The summed E-state index contributed by atoms with van der Waals surface area (Å²) in [5.41, 5.74) is 1.32. The van der Waals surface area contributed by atoms with Crippen LogP contribution in [0.5, 0.6) is 0 Å². The standard InChI is InChI=1S/C13H17ClN2S/c1-3-15-10(2)12-5-4-8-16(12)9-11-6-7-13(14)17-11/h4-8,10,15H,3,9H2,1-2H3. The van der Waals surface area contributed by atoms with Gasteiger partial charge in [0.2, 0.25) is 0 Å². The summed E-state index contributed by atoms with van der Waals surface area (Å²) in [6.07, 6.45) is 2.12. The fourth-order valence-corrected chi connectivity index (χ4v) is 3.07. The third-order valence-corrected chi connectivity index (χ3v) is 3.99. The smallest absolute Gasteiger partial charge is 0.0931 e. The van der Waals surface area contributed by atoms with Crippen LogP contribution in [0.4, 0.5) is 0 Å². The van der Waals surface area contributed by atoms with E-state index in [2.05, 4.69) is 48.1 Å². The van der Waals surface area contributed by atoms with Gasteiger partial charge in [-0.15, -0.1) is 11.3 Å². The van der Waals surface area contributed by atoms with Crippen LogP contribution in [-0.2, 0) is 6.54 Å². The van der Waals surface area contributed by atoms with Crippen molar-refractivity contribution in [3.63, 3.8) is 0 Å². The van der Waals surface area contributed by atoms with E-state index in [0.29, 0.717) is 6.04 Å². The first-order valence-corrected chi connectivity index (χ1v) is 7.02. The average Bonchev–Trinajstić information content (AvgIpc) is 2.89. The lowest BCUT2D eigenvalue weighted by atomic mass is 10.2. The molecule has 0 fully saturated rings. The third-order valence-electron chi connectivity index (χ3n) is 2.77. The monoisotopic (exact) mass is 268 g/mol. The fraction of sp³-hybridized carbons (Fsp3) is 0.385. The lowest BCUT2D eigenvalue weighted by molar-refractivity contribution is 0.554. The molecule has 1 unspecified atom stereocenters. The SMILES string of the molecule is CCNC(C)c1cccn1Cc1ccc(Cl)s1. The maximum atomic E-state index is 5.95. The molecule has 2 aromatic heterocycles. The Morgan fingerprint density at radius 1 is 1.41 bits per heavy atom. The van der Waals surface area contributed by atoms with Gasteiger partial charge in [0.25, 0.3) is 0 Å². The summed E-state index contributed by atoms with van der Waals surface area (Å²) in [6.45, 7) is 6.20. The lowest BCUT2D eigenvalue weighted by Crippen LogP contribution is -2.20. The van der Waals surface area contributed by atoms with E-state index in [0.717, 1.165) is 17.4 Å². The van der Waals surface area contributed by atoms with Gasteiger partial charge in [-0.2, -0.15) is 0 Å². The van der Waals surface area contributed by atoms with Crippen LogP contribution in [0.1, 0.15) is 30.5 Å². The predicted octanol–water partition coefficient (Wildman–Crippen LogP) is 3.92. The van der Waals surface area contributed by atoms with Crippen molar-refractivity contribution in [3.05, 3.63) is 45.4 Å². The summed E-state index contributed by atoms with van der Waals surface area (Å²) in [5, 5.41) is 3.44. The molecule has 92 valence electrons. The number of thiophene rings is 1. The van der Waals surface area contributed by atoms with Crippen LogP contribution < -0.4 is 5.32 Å². The third kappa shape index (κ3) is 3.12. The Kier molecular flexibility index (Phi) is 4.26. The molecule has 0 aromatic carbocycles. The van der Waals surface area contributed by atoms with Crippen LogP contribution in [-0.4, -0.2) is 11.1 Å². The molecule has 0 aliphatic carbocycles. The molecule has 4 heteroatoms. The second-order valence-corrected chi connectivity index (χ2v) is 5.85. The van der Waals surface area contributed by atoms with Crippen molar-refractivity contribution < 1.29 is 0 Å². The molecule has 1 atom stereocenters. The molecule has 0 amide bonds. The van der Waals surface area contributed by atoms with E-state index in [1.807, 2.05) is 6.07 Å². The van der Waals surface area contributed by atoms with E-state index < -0.39 is 0 Å². The van der Waals surface area contributed by atoms with E-state index in [1.54, 1.807) is 11.3 Å². The van der Waals surface area contributed by atoms with E-state index in [9.17, 15) is 0 Å². The van der Waals surface area contributed by atoms with E-state index >= 15 is 0 Å². The van der Waals surface area contributed by atoms with Crippen molar-refractivity contribution in [2.75, 3.05) is 6.54 Å². The summed E-state index contributed by atoms with van der Waals surface area (Å²) < 4.78 is 3.13. The van der Waals surface area contributed by atoms with Crippen molar-refractivity contribution in [1.82, 2.24) is 9.88 Å². The Morgan fingerprint density at radius 2 is 2.24 bits per heavy atom. The van der Waals surface area contributed by atoms with Crippen LogP contribution in [0.3, 0.4) is 0 Å². The molecular weight excluding hydrogens is 252 g/mol. The van der Waals surface area contributed by atoms with Crippen LogP contribution in [0.2, 0.25) is 4.34 Å². The largest absolute Gasteiger partial charge is 0.345 e. The first kappa shape index (κ1) is 12.7. The summed E-state index contributed by atoms with van der Waals surface area (Å²) in [5.74, 6) is 0. The van der Waals surface area contributed by atoms with Gasteiger partial charge in [0.15, 0.2) is 0 Å². The van der Waals surface area contributed by atoms with Crippen LogP contribution >= 0.6 is 22.9 Å². The van der Waals surface area contributed by atoms with E-state index in [4.69, 9.17) is 11.6 Å². The van der Waals surface area contributed by atoms with Crippen LogP contribution in [0, 0.1) is 0 Å². The zero-order valence-corrected chi connectivity index (χ0v) is 11.7. The minimum atomic E-state index is 0.380. The summed E-state index contributed by atoms with van der Waals surface area (Å²) in [7, 11) is 0. The van der Waals surface area contributed by atoms with Gasteiger partial charge in [-0.05, 0) is 37.7 Å². The zero-order valence-electron chi connectivity index (χ0n) is 10.1. The zero-order chi connectivity index (χ0) is 12.3. The Morgan fingerprint density at radius 3 is 2.88 bits per heavy atom. The molecule has 0 saturated carbocycles. The predicted molar refractivity (Wildman–Crippen MR) is 75.0 cm³/mol. The minimum absolute atomic E-state index is 0.380. The normalized spacial score (nSPS) is 12.9. The topological polar surface area (TPSA) is 17.0 Å². The van der Waals surface area contributed by atoms with Crippen molar-refractivity contribution in [1.29, 1.82) is 0 Å². The molecule has 0 bridgehead atoms. The van der Waals surface area contributed by atoms with Crippen molar-refractivity contribution >= 4 is 22.9 Å². The highest BCUT2D eigenvalue weighted by Crippen LogP contribution is 2.23. The Bertz CT molecular complexity index is 475. The number of halogens is 1. The van der Waals surface area contributed by atoms with Gasteiger partial charge in [-0.3, -0.25) is 0 Å². The molecule has 2 aromatic rings. The molecule has 2 rings (SSSR count). The van der Waals surface area contributed by atoms with Gasteiger partial charge in [0.1, 0.15) is 0 Å². The van der Waals surface area contributed by atoms with Gasteiger partial charge < -0.3 is 9.88 Å². The summed E-state index contributed by atoms with van der Waals surface area (Å²) >= 11 is 7.59. The molecule has 17 heavy (non-hydrogen) atoms. The first-order valence-electron chi connectivity index (χ1n) is 5.83. The molecule has 0 aliphatic heterocycles. The number of hydrogen-bond donors (Lipinski definition) is 1. The highest BCUT2D eigenvalue weighted by atomic mass is 35.5. The van der Waals surface area contributed by atoms with Gasteiger partial charge in [-0.25, -0.2) is 0 Å². The van der Waals surface area contributed by atoms with Gasteiger partial charge in [0, 0.05) is 22.8 Å². The molecule has 2 heterocycles. The summed E-state index contributed by atoms with van der Waals surface area (Å²) in [4.78, 5) is 1.29. The Hall–Kier alpha value is -0.770. The van der Waals surface area contributed by atoms with Crippen molar-refractivity contribution in [3.8, 4) is 0 Å². The van der Waals surface area contributed by atoms with Crippen LogP contribution in [0.15, 0.2) is 30.5 Å². The number of aromatic nitrogens is 1. The molecule has 1 N–H and O–H groups in total. The second kappa shape index (κ2) is 5.71. The Balaban J connectivity index is 2.13. The summed E-state index contributed by atoms with van der Waals surface area (Å²) in [6, 6.07) is 8.69. The Labute approximate surface area is 111 Å². The number of rotatable bonds is 5. The number of nitrogens with zero attached hydrogens (tertiary/aromatic N) is 1. The maximum absolute atomic E-state index is 5.95. The second-order valence-electron chi connectivity index (χ2n) is 4.05. The molecule has 2 nitrogen and oxygen atoms in total. The average molecular weight is 269 g/mol. The van der Waals surface area contributed by atoms with Gasteiger partial charge in [0.05, 0.1) is 10.9 Å². The fourth-order valence-electron chi connectivity index (χ4n) is 1.98. The van der Waals surface area contributed by atoms with Crippen LogP contribution in [0.25, 0.3) is 0 Å². The first-order chi connectivity index (χ1) is 8.20. The van der Waals surface area contributed by atoms with Crippen molar-refractivity contribution in [2.24, 2.45) is 0 Å². The van der Waals surface area contributed by atoms with Gasteiger partial charge >= 0.3 is 0 Å². The molecular formula is C13H17ClN2S. The molecule has 0 aliphatic rings. The van der Waals surface area contributed by atoms with E-state index in [-0.39, 0.29) is 0 Å². The minimum Gasteiger partial charge on any atom is -0.345 e. The number of nitrogens with one attached hydrogen (secondary N) is 1. The molecule has 0 spiro atoms. The quantitative estimate of drug-likeness (QED) is 0.870. The van der Waals surface area contributed by atoms with Crippen molar-refractivity contribution in [2.45, 2.75) is 26.4 Å². The van der Waals surface area contributed by atoms with E-state index in [1.165, 1.54) is 10.6 Å². The molecule has 0 radical (unpaired) electrons.